The van der Waals surface area contributed by atoms with Gasteiger partial charge in [0.15, 0.2) is 5.96 Å². The number of amides is 1. The molecule has 2 atom stereocenters. The maximum absolute atomic E-state index is 13.1. The van der Waals surface area contributed by atoms with E-state index in [0.29, 0.717) is 37.7 Å². The quantitative estimate of drug-likeness (QED) is 0.201. The summed E-state index contributed by atoms with van der Waals surface area (Å²) in [6, 6.07) is 6.00. The lowest BCUT2D eigenvalue weighted by atomic mass is 9.99. The number of carbonyl (C=O) groups is 2. The predicted molar refractivity (Wildman–Crippen MR) is 116 cm³/mol. The van der Waals surface area contributed by atoms with Gasteiger partial charge >= 0.3 is 5.97 Å². The largest absolute Gasteiger partial charge is 0.469 e. The van der Waals surface area contributed by atoms with Crippen LogP contribution in [0.25, 0.3) is 0 Å². The number of aliphatic imine (C=N–C) groups is 1. The van der Waals surface area contributed by atoms with E-state index >= 15 is 0 Å². The number of nitrogens with zero attached hydrogens (tertiary/aromatic N) is 2. The molecule has 1 aromatic rings. The highest BCUT2D eigenvalue weighted by Gasteiger charge is 2.36. The summed E-state index contributed by atoms with van der Waals surface area (Å²) in [6.45, 7) is 4.19. The third kappa shape index (κ3) is 6.92. The summed E-state index contributed by atoms with van der Waals surface area (Å²) >= 11 is 0. The third-order valence-corrected chi connectivity index (χ3v) is 4.61. The Bertz CT molecular complexity index is 702. The van der Waals surface area contributed by atoms with E-state index in [0.717, 1.165) is 0 Å². The Morgan fingerprint density at radius 3 is 2.64 bits per heavy atom. The second-order valence-corrected chi connectivity index (χ2v) is 6.64. The summed E-state index contributed by atoms with van der Waals surface area (Å²) in [4.78, 5) is 30.0. The molecule has 0 aromatic heterocycles. The van der Waals surface area contributed by atoms with Gasteiger partial charge in [0.25, 0.3) is 0 Å². The molecule has 1 amide bonds. The number of halogens is 2. The van der Waals surface area contributed by atoms with Crippen LogP contribution < -0.4 is 10.6 Å². The molecule has 28 heavy (non-hydrogen) atoms. The van der Waals surface area contributed by atoms with Crippen LogP contribution in [0.4, 0.5) is 4.39 Å². The van der Waals surface area contributed by atoms with Gasteiger partial charge in [0, 0.05) is 33.2 Å². The monoisotopic (exact) mass is 506 g/mol. The van der Waals surface area contributed by atoms with Crippen molar-refractivity contribution in [2.45, 2.75) is 13.3 Å². The molecule has 1 heterocycles. The van der Waals surface area contributed by atoms with Crippen molar-refractivity contribution in [2.75, 3.05) is 40.3 Å². The number of hydrogen-bond donors (Lipinski definition) is 2. The molecular weight excluding hydrogens is 478 g/mol. The van der Waals surface area contributed by atoms with E-state index in [2.05, 4.69) is 15.6 Å². The van der Waals surface area contributed by atoms with Gasteiger partial charge < -0.3 is 20.3 Å². The van der Waals surface area contributed by atoms with E-state index in [1.807, 2.05) is 11.8 Å². The molecule has 7 nitrogen and oxygen atoms in total. The van der Waals surface area contributed by atoms with E-state index in [1.165, 1.54) is 19.2 Å². The Morgan fingerprint density at radius 1 is 1.29 bits per heavy atom. The maximum atomic E-state index is 13.1. The lowest BCUT2D eigenvalue weighted by molar-refractivity contribution is -0.146. The number of ether oxygens (including phenoxy) is 1. The first-order valence-corrected chi connectivity index (χ1v) is 8.99. The fraction of sp³-hybridized carbons (Fsp3) is 0.526. The average molecular weight is 506 g/mol. The zero-order chi connectivity index (χ0) is 19.8. The second-order valence-electron chi connectivity index (χ2n) is 6.64. The van der Waals surface area contributed by atoms with Crippen LogP contribution in [0.5, 0.6) is 0 Å². The van der Waals surface area contributed by atoms with Crippen LogP contribution in [-0.4, -0.2) is 63.1 Å². The highest BCUT2D eigenvalue weighted by molar-refractivity contribution is 14.0. The molecule has 1 aromatic carbocycles. The maximum Gasteiger partial charge on any atom is 0.310 e. The number of esters is 1. The summed E-state index contributed by atoms with van der Waals surface area (Å²) in [6.07, 6.45) is 0.136. The molecule has 2 rings (SSSR count). The SMILES string of the molecule is CN=C(NCCNC(=O)Cc1cccc(F)c1)N1CC(C)C(C(=O)OC)C1.I. The molecule has 0 saturated carbocycles. The Balaban J connectivity index is 0.00000392. The Kier molecular flexibility index (Phi) is 10.2. The molecule has 1 fully saturated rings. The molecular formula is C19H28FIN4O3. The van der Waals surface area contributed by atoms with Crippen LogP contribution in [0, 0.1) is 17.7 Å². The Labute approximate surface area is 182 Å². The lowest BCUT2D eigenvalue weighted by Gasteiger charge is -2.21. The zero-order valence-electron chi connectivity index (χ0n) is 16.4. The van der Waals surface area contributed by atoms with Crippen molar-refractivity contribution in [3.05, 3.63) is 35.6 Å². The lowest BCUT2D eigenvalue weighted by Crippen LogP contribution is -2.43. The Hall–Kier alpha value is -1.91. The van der Waals surface area contributed by atoms with Gasteiger partial charge in [-0.1, -0.05) is 19.1 Å². The van der Waals surface area contributed by atoms with Crippen molar-refractivity contribution in [3.8, 4) is 0 Å². The molecule has 2 unspecified atom stereocenters. The van der Waals surface area contributed by atoms with Gasteiger partial charge in [-0.15, -0.1) is 24.0 Å². The van der Waals surface area contributed by atoms with Crippen molar-refractivity contribution < 1.29 is 18.7 Å². The van der Waals surface area contributed by atoms with Gasteiger partial charge in [-0.05, 0) is 23.6 Å². The summed E-state index contributed by atoms with van der Waals surface area (Å²) in [7, 11) is 3.08. The first kappa shape index (κ1) is 24.1. The molecule has 1 saturated heterocycles. The molecule has 2 N–H and O–H groups in total. The standard InChI is InChI=1S/C19H27FN4O3.HI/c1-13-11-24(12-16(13)18(26)27-3)19(21-2)23-8-7-22-17(25)10-14-5-4-6-15(20)9-14;/h4-6,9,13,16H,7-8,10-12H2,1-3H3,(H,21,23)(H,22,25);1H. The van der Waals surface area contributed by atoms with Crippen LogP contribution in [0.2, 0.25) is 0 Å². The number of nitrogens with one attached hydrogen (secondary N) is 2. The van der Waals surface area contributed by atoms with Gasteiger partial charge in [0.05, 0.1) is 19.4 Å². The molecule has 1 aliphatic heterocycles. The minimum Gasteiger partial charge on any atom is -0.469 e. The second kappa shape index (κ2) is 11.8. The first-order chi connectivity index (χ1) is 12.9. The van der Waals surface area contributed by atoms with Crippen LogP contribution in [0.3, 0.4) is 0 Å². The van der Waals surface area contributed by atoms with Gasteiger partial charge in [-0.25, -0.2) is 4.39 Å². The number of methoxy groups -OCH3 is 1. The zero-order valence-corrected chi connectivity index (χ0v) is 18.7. The van der Waals surface area contributed by atoms with E-state index < -0.39 is 0 Å². The molecule has 0 spiro atoms. The normalized spacial score (nSPS) is 19.0. The molecule has 0 bridgehead atoms. The Morgan fingerprint density at radius 2 is 2.00 bits per heavy atom. The molecule has 1 aliphatic rings. The topological polar surface area (TPSA) is 83.0 Å². The highest BCUT2D eigenvalue weighted by Crippen LogP contribution is 2.23. The van der Waals surface area contributed by atoms with Gasteiger partial charge in [-0.3, -0.25) is 14.6 Å². The van der Waals surface area contributed by atoms with Crippen molar-refractivity contribution in [2.24, 2.45) is 16.8 Å². The van der Waals surface area contributed by atoms with Crippen LogP contribution >= 0.6 is 24.0 Å². The van der Waals surface area contributed by atoms with Crippen LogP contribution in [0.1, 0.15) is 12.5 Å². The minimum absolute atomic E-state index is 0. The molecule has 0 radical (unpaired) electrons. The molecule has 9 heteroatoms. The van der Waals surface area contributed by atoms with Gasteiger partial charge in [0.1, 0.15) is 5.82 Å². The van der Waals surface area contributed by atoms with E-state index in [4.69, 9.17) is 4.74 Å². The van der Waals surface area contributed by atoms with Crippen molar-refractivity contribution in [3.63, 3.8) is 0 Å². The summed E-state index contributed by atoms with van der Waals surface area (Å²) in [5.74, 6) is -0.0204. The van der Waals surface area contributed by atoms with Crippen molar-refractivity contribution in [1.29, 1.82) is 0 Å². The molecule has 156 valence electrons. The first-order valence-electron chi connectivity index (χ1n) is 8.99. The summed E-state index contributed by atoms with van der Waals surface area (Å²) in [5, 5.41) is 5.98. The number of hydrogen-bond acceptors (Lipinski definition) is 4. The number of rotatable bonds is 6. The predicted octanol–water partition coefficient (Wildman–Crippen LogP) is 1.42. The van der Waals surface area contributed by atoms with Crippen LogP contribution in [0.15, 0.2) is 29.3 Å². The van der Waals surface area contributed by atoms with E-state index in [-0.39, 0.29) is 59.9 Å². The average Bonchev–Trinajstić information content (AvgIpc) is 3.02. The smallest absolute Gasteiger partial charge is 0.310 e. The minimum atomic E-state index is -0.351. The number of likely N-dealkylation sites (tertiary alicyclic amines) is 1. The number of carbonyl (C=O) groups excluding carboxylic acids is 2. The number of guanidine groups is 1. The molecule has 0 aliphatic carbocycles. The van der Waals surface area contributed by atoms with Gasteiger partial charge in [0.2, 0.25) is 5.91 Å². The summed E-state index contributed by atoms with van der Waals surface area (Å²) in [5.41, 5.74) is 0.635. The number of benzene rings is 1. The highest BCUT2D eigenvalue weighted by atomic mass is 127. The van der Waals surface area contributed by atoms with Crippen molar-refractivity contribution >= 4 is 41.8 Å². The van der Waals surface area contributed by atoms with E-state index in [1.54, 1.807) is 19.2 Å². The summed E-state index contributed by atoms with van der Waals surface area (Å²) < 4.78 is 18.0. The fourth-order valence-corrected chi connectivity index (χ4v) is 3.20. The van der Waals surface area contributed by atoms with Crippen LogP contribution in [-0.2, 0) is 20.7 Å². The third-order valence-electron chi connectivity index (χ3n) is 4.61. The van der Waals surface area contributed by atoms with E-state index in [9.17, 15) is 14.0 Å². The van der Waals surface area contributed by atoms with Crippen molar-refractivity contribution in [1.82, 2.24) is 15.5 Å². The van der Waals surface area contributed by atoms with Gasteiger partial charge in [-0.2, -0.15) is 0 Å². The fourth-order valence-electron chi connectivity index (χ4n) is 3.20.